The van der Waals surface area contributed by atoms with Gasteiger partial charge in [-0.05, 0) is 38.1 Å². The van der Waals surface area contributed by atoms with Crippen LogP contribution < -0.4 is 15.4 Å². The van der Waals surface area contributed by atoms with Crippen molar-refractivity contribution in [3.8, 4) is 5.75 Å². The summed E-state index contributed by atoms with van der Waals surface area (Å²) in [4.78, 5) is 13.2. The van der Waals surface area contributed by atoms with Gasteiger partial charge in [0.1, 0.15) is 18.5 Å². The molecule has 0 radical (unpaired) electrons. The van der Waals surface area contributed by atoms with Crippen LogP contribution in [0.2, 0.25) is 0 Å². The van der Waals surface area contributed by atoms with E-state index in [1.54, 1.807) is 12.1 Å². The minimum atomic E-state index is -0.588. The number of rotatable bonds is 5. The second-order valence-corrected chi connectivity index (χ2v) is 6.65. The van der Waals surface area contributed by atoms with E-state index < -0.39 is 5.91 Å². The van der Waals surface area contributed by atoms with Crippen LogP contribution in [0.15, 0.2) is 42.5 Å². The van der Waals surface area contributed by atoms with Gasteiger partial charge in [0.05, 0.1) is 5.60 Å². The molecular weight excluding hydrogens is 320 g/mol. The third-order valence-electron chi connectivity index (χ3n) is 3.89. The highest BCUT2D eigenvalue weighted by Crippen LogP contribution is 2.25. The lowest BCUT2D eigenvalue weighted by Gasteiger charge is -2.43. The Morgan fingerprint density at radius 1 is 1.28 bits per heavy atom. The van der Waals surface area contributed by atoms with Gasteiger partial charge < -0.3 is 20.1 Å². The number of hydrogen-bond acceptors (Lipinski definition) is 6. The largest absolute Gasteiger partial charge is 0.491 e. The molecule has 7 heteroatoms. The summed E-state index contributed by atoms with van der Waals surface area (Å²) in [5.41, 5.74) is 5.01. The van der Waals surface area contributed by atoms with E-state index in [0.717, 1.165) is 5.75 Å². The van der Waals surface area contributed by atoms with Crippen molar-refractivity contribution in [3.63, 3.8) is 0 Å². The number of morpholine rings is 1. The molecule has 3 rings (SSSR count). The second kappa shape index (κ2) is 7.06. The fourth-order valence-electron chi connectivity index (χ4n) is 2.89. The average molecular weight is 342 g/mol. The van der Waals surface area contributed by atoms with E-state index in [1.807, 2.05) is 44.2 Å². The normalized spacial score (nSPS) is 19.4. The molecule has 25 heavy (non-hydrogen) atoms. The number of para-hydroxylation sites is 1. The van der Waals surface area contributed by atoms with Crippen molar-refractivity contribution in [2.75, 3.05) is 24.6 Å². The first kappa shape index (κ1) is 17.2. The molecule has 7 nitrogen and oxygen atoms in total. The maximum atomic E-state index is 11.1. The summed E-state index contributed by atoms with van der Waals surface area (Å²) in [5.74, 6) is 0.910. The average Bonchev–Trinajstić information content (AvgIpc) is 2.59. The van der Waals surface area contributed by atoms with Gasteiger partial charge in [-0.2, -0.15) is 0 Å². The fraction of sp³-hybridized carbons (Fsp3) is 0.389. The summed E-state index contributed by atoms with van der Waals surface area (Å²) in [6.07, 6.45) is -0.110. The summed E-state index contributed by atoms with van der Waals surface area (Å²) in [6.45, 7) is 5.79. The van der Waals surface area contributed by atoms with Crippen LogP contribution in [-0.4, -0.2) is 47.5 Å². The van der Waals surface area contributed by atoms with Crippen LogP contribution in [-0.2, 0) is 4.74 Å². The first-order valence-electron chi connectivity index (χ1n) is 8.17. The molecule has 1 saturated heterocycles. The van der Waals surface area contributed by atoms with E-state index in [4.69, 9.17) is 15.2 Å². The van der Waals surface area contributed by atoms with Gasteiger partial charge in [0.2, 0.25) is 0 Å². The van der Waals surface area contributed by atoms with E-state index in [9.17, 15) is 4.79 Å². The van der Waals surface area contributed by atoms with Crippen LogP contribution in [0.1, 0.15) is 24.3 Å². The van der Waals surface area contributed by atoms with Crippen LogP contribution in [0.5, 0.6) is 5.75 Å². The Balaban J connectivity index is 1.69. The number of nitrogens with zero attached hydrogens (tertiary/aromatic N) is 3. The molecule has 1 aliphatic rings. The lowest BCUT2D eigenvalue weighted by molar-refractivity contribution is -0.0972. The number of hydrogen-bond donors (Lipinski definition) is 1. The topological polar surface area (TPSA) is 90.6 Å². The highest BCUT2D eigenvalue weighted by molar-refractivity contribution is 5.90. The monoisotopic (exact) mass is 342 g/mol. The summed E-state index contributed by atoms with van der Waals surface area (Å²) < 4.78 is 11.9. The maximum absolute atomic E-state index is 11.1. The Kier molecular flexibility index (Phi) is 4.85. The zero-order chi connectivity index (χ0) is 17.9. The summed E-state index contributed by atoms with van der Waals surface area (Å²) in [6, 6.07) is 13.0. The quantitative estimate of drug-likeness (QED) is 0.888. The standard InChI is InChI=1S/C18H22N4O3/c1-18(2)12-22(16-9-8-15(17(19)23)20-21-16)10-14(25-18)11-24-13-6-4-3-5-7-13/h3-9,14H,10-12H2,1-2H3,(H2,19,23)/t14-/m0/s1. The fourth-order valence-corrected chi connectivity index (χ4v) is 2.89. The highest BCUT2D eigenvalue weighted by atomic mass is 16.5. The summed E-state index contributed by atoms with van der Waals surface area (Å²) in [5, 5.41) is 8.00. The van der Waals surface area contributed by atoms with Crippen molar-refractivity contribution in [1.82, 2.24) is 10.2 Å². The van der Waals surface area contributed by atoms with Crippen LogP contribution >= 0.6 is 0 Å². The Hall–Kier alpha value is -2.67. The van der Waals surface area contributed by atoms with Crippen LogP contribution in [0.4, 0.5) is 5.82 Å². The van der Waals surface area contributed by atoms with E-state index in [-0.39, 0.29) is 17.4 Å². The number of benzene rings is 1. The van der Waals surface area contributed by atoms with Crippen molar-refractivity contribution < 1.29 is 14.3 Å². The van der Waals surface area contributed by atoms with Crippen LogP contribution in [0.3, 0.4) is 0 Å². The van der Waals surface area contributed by atoms with Gasteiger partial charge in [-0.1, -0.05) is 18.2 Å². The molecular formula is C18H22N4O3. The third-order valence-corrected chi connectivity index (χ3v) is 3.89. The predicted octanol–water partition coefficient (Wildman–Crippen LogP) is 1.64. The third kappa shape index (κ3) is 4.45. The molecule has 1 aliphatic heterocycles. The molecule has 1 fully saturated rings. The predicted molar refractivity (Wildman–Crippen MR) is 93.7 cm³/mol. The minimum absolute atomic E-state index is 0.110. The molecule has 1 amide bonds. The number of amides is 1. The lowest BCUT2D eigenvalue weighted by atomic mass is 10.1. The molecule has 132 valence electrons. The number of ether oxygens (including phenoxy) is 2. The van der Waals surface area contributed by atoms with Crippen molar-refractivity contribution in [2.24, 2.45) is 5.73 Å². The first-order chi connectivity index (χ1) is 11.9. The van der Waals surface area contributed by atoms with Gasteiger partial charge in [-0.3, -0.25) is 4.79 Å². The molecule has 0 unspecified atom stereocenters. The van der Waals surface area contributed by atoms with E-state index in [2.05, 4.69) is 15.1 Å². The molecule has 2 N–H and O–H groups in total. The first-order valence-corrected chi connectivity index (χ1v) is 8.17. The number of nitrogens with two attached hydrogens (primary N) is 1. The van der Waals surface area contributed by atoms with Crippen LogP contribution in [0, 0.1) is 0 Å². The smallest absolute Gasteiger partial charge is 0.269 e. The highest BCUT2D eigenvalue weighted by Gasteiger charge is 2.34. The molecule has 0 aliphatic carbocycles. The maximum Gasteiger partial charge on any atom is 0.269 e. The minimum Gasteiger partial charge on any atom is -0.491 e. The number of carbonyl (C=O) groups excluding carboxylic acids is 1. The molecule has 1 aromatic heterocycles. The van der Waals surface area contributed by atoms with Gasteiger partial charge >= 0.3 is 0 Å². The van der Waals surface area contributed by atoms with Crippen LogP contribution in [0.25, 0.3) is 0 Å². The second-order valence-electron chi connectivity index (χ2n) is 6.65. The Labute approximate surface area is 146 Å². The van der Waals surface area contributed by atoms with E-state index >= 15 is 0 Å². The number of carbonyl (C=O) groups is 1. The van der Waals surface area contributed by atoms with Gasteiger partial charge in [0, 0.05) is 13.1 Å². The van der Waals surface area contributed by atoms with Gasteiger partial charge in [-0.15, -0.1) is 10.2 Å². The zero-order valence-electron chi connectivity index (χ0n) is 14.4. The molecule has 0 spiro atoms. The SMILES string of the molecule is CC1(C)CN(c2ccc(C(N)=O)nn2)C[C@@H](COc2ccccc2)O1. The Morgan fingerprint density at radius 2 is 2.04 bits per heavy atom. The summed E-state index contributed by atoms with van der Waals surface area (Å²) in [7, 11) is 0. The Bertz CT molecular complexity index is 719. The van der Waals surface area contributed by atoms with Crippen molar-refractivity contribution >= 4 is 11.7 Å². The van der Waals surface area contributed by atoms with Crippen molar-refractivity contribution in [3.05, 3.63) is 48.2 Å². The van der Waals surface area contributed by atoms with Crippen molar-refractivity contribution in [2.45, 2.75) is 25.6 Å². The molecule has 1 aromatic carbocycles. The zero-order valence-corrected chi connectivity index (χ0v) is 14.4. The number of primary amides is 1. The molecule has 1 atom stereocenters. The van der Waals surface area contributed by atoms with Gasteiger partial charge in [-0.25, -0.2) is 0 Å². The molecule has 0 saturated carbocycles. The summed E-state index contributed by atoms with van der Waals surface area (Å²) >= 11 is 0. The van der Waals surface area contributed by atoms with E-state index in [0.29, 0.717) is 25.5 Å². The van der Waals surface area contributed by atoms with Crippen molar-refractivity contribution in [1.29, 1.82) is 0 Å². The molecule has 2 heterocycles. The molecule has 0 bridgehead atoms. The van der Waals surface area contributed by atoms with Gasteiger partial charge in [0.25, 0.3) is 5.91 Å². The Morgan fingerprint density at radius 3 is 2.68 bits per heavy atom. The van der Waals surface area contributed by atoms with E-state index in [1.165, 1.54) is 0 Å². The number of anilines is 1. The lowest BCUT2D eigenvalue weighted by Crippen LogP contribution is -2.54. The molecule has 2 aromatic rings. The number of aromatic nitrogens is 2. The van der Waals surface area contributed by atoms with Gasteiger partial charge in [0.15, 0.2) is 11.5 Å².